The molecule has 2 aliphatic rings. The number of fused-ring (bicyclic) bond motifs is 1. The molecule has 4 nitrogen and oxygen atoms in total. The average molecular weight is 420 g/mol. The van der Waals surface area contributed by atoms with E-state index in [0.29, 0.717) is 31.3 Å². The van der Waals surface area contributed by atoms with Crippen LogP contribution in [0, 0.1) is 5.82 Å². The van der Waals surface area contributed by atoms with Crippen LogP contribution in [-0.4, -0.2) is 30.1 Å². The van der Waals surface area contributed by atoms with Gasteiger partial charge in [-0.3, -0.25) is 4.79 Å². The molecule has 0 bridgehead atoms. The number of halogens is 2. The van der Waals surface area contributed by atoms with Gasteiger partial charge < -0.3 is 14.4 Å². The summed E-state index contributed by atoms with van der Waals surface area (Å²) in [5, 5.41) is 0. The Hall–Kier alpha value is -2.08. The molecule has 1 fully saturated rings. The first-order valence-electron chi connectivity index (χ1n) is 8.72. The van der Waals surface area contributed by atoms with E-state index < -0.39 is 0 Å². The van der Waals surface area contributed by atoms with Crippen molar-refractivity contribution in [2.75, 3.05) is 13.2 Å². The summed E-state index contributed by atoms with van der Waals surface area (Å²) in [7, 11) is 0. The van der Waals surface area contributed by atoms with Crippen LogP contribution in [0.3, 0.4) is 0 Å². The second kappa shape index (κ2) is 7.27. The molecule has 4 rings (SSSR count). The highest BCUT2D eigenvalue weighted by molar-refractivity contribution is 9.10. The molecular weight excluding hydrogens is 401 g/mol. The predicted molar refractivity (Wildman–Crippen MR) is 98.8 cm³/mol. The fraction of sp³-hybridized carbons (Fsp3) is 0.350. The Balaban J connectivity index is 1.51. The highest BCUT2D eigenvalue weighted by Gasteiger charge is 2.32. The molecule has 6 heteroatoms. The van der Waals surface area contributed by atoms with Crippen molar-refractivity contribution >= 4 is 21.8 Å². The third-order valence-electron chi connectivity index (χ3n) is 4.63. The Morgan fingerprint density at radius 3 is 2.42 bits per heavy atom. The van der Waals surface area contributed by atoms with Gasteiger partial charge in [-0.1, -0.05) is 28.1 Å². The van der Waals surface area contributed by atoms with Crippen LogP contribution in [0.2, 0.25) is 0 Å². The van der Waals surface area contributed by atoms with Crippen LogP contribution in [0.4, 0.5) is 4.39 Å². The van der Waals surface area contributed by atoms with Crippen LogP contribution in [0.15, 0.2) is 40.9 Å². The molecule has 26 heavy (non-hydrogen) atoms. The van der Waals surface area contributed by atoms with Gasteiger partial charge >= 0.3 is 0 Å². The number of ether oxygens (including phenoxy) is 2. The van der Waals surface area contributed by atoms with Crippen LogP contribution in [0.1, 0.15) is 24.0 Å². The van der Waals surface area contributed by atoms with E-state index in [-0.39, 0.29) is 24.2 Å². The zero-order chi connectivity index (χ0) is 18.1. The summed E-state index contributed by atoms with van der Waals surface area (Å²) in [6.07, 6.45) is 2.33. The lowest BCUT2D eigenvalue weighted by Gasteiger charge is -2.24. The Bertz CT molecular complexity index is 821. The van der Waals surface area contributed by atoms with Crippen molar-refractivity contribution in [1.82, 2.24) is 4.90 Å². The van der Waals surface area contributed by atoms with Crippen LogP contribution < -0.4 is 9.47 Å². The minimum atomic E-state index is -0.266. The quantitative estimate of drug-likeness (QED) is 0.732. The highest BCUT2D eigenvalue weighted by Crippen LogP contribution is 2.36. The number of carbonyl (C=O) groups excluding carboxylic acids is 1. The summed E-state index contributed by atoms with van der Waals surface area (Å²) in [4.78, 5) is 14.8. The van der Waals surface area contributed by atoms with Gasteiger partial charge in [-0.15, -0.1) is 0 Å². The lowest BCUT2D eigenvalue weighted by Crippen LogP contribution is -2.34. The molecule has 2 aromatic carbocycles. The van der Waals surface area contributed by atoms with E-state index in [4.69, 9.17) is 9.47 Å². The molecule has 0 aromatic heterocycles. The minimum Gasteiger partial charge on any atom is -0.486 e. The Morgan fingerprint density at radius 2 is 1.77 bits per heavy atom. The zero-order valence-corrected chi connectivity index (χ0v) is 15.8. The maximum atomic E-state index is 13.1. The summed E-state index contributed by atoms with van der Waals surface area (Å²) in [5.41, 5.74) is 1.82. The number of rotatable bonds is 5. The fourth-order valence-corrected chi connectivity index (χ4v) is 3.56. The molecule has 1 aliphatic carbocycles. The van der Waals surface area contributed by atoms with Crippen molar-refractivity contribution in [3.8, 4) is 11.5 Å². The number of nitrogens with zero attached hydrogens (tertiary/aromatic N) is 1. The summed E-state index contributed by atoms with van der Waals surface area (Å²) >= 11 is 3.53. The van der Waals surface area contributed by atoms with Gasteiger partial charge in [0.2, 0.25) is 5.91 Å². The van der Waals surface area contributed by atoms with Crippen molar-refractivity contribution in [2.24, 2.45) is 0 Å². The summed E-state index contributed by atoms with van der Waals surface area (Å²) in [5.74, 6) is 1.18. The first-order valence-corrected chi connectivity index (χ1v) is 9.51. The van der Waals surface area contributed by atoms with Crippen molar-refractivity contribution in [2.45, 2.75) is 31.8 Å². The van der Waals surface area contributed by atoms with Gasteiger partial charge in [-0.05, 0) is 48.2 Å². The van der Waals surface area contributed by atoms with Crippen molar-refractivity contribution in [3.63, 3.8) is 0 Å². The third-order valence-corrected chi connectivity index (χ3v) is 5.37. The average Bonchev–Trinajstić information content (AvgIpc) is 3.46. The van der Waals surface area contributed by atoms with Gasteiger partial charge in [-0.25, -0.2) is 4.39 Å². The van der Waals surface area contributed by atoms with E-state index in [1.165, 1.54) is 12.1 Å². The van der Waals surface area contributed by atoms with Crippen LogP contribution in [-0.2, 0) is 17.8 Å². The second-order valence-corrected chi connectivity index (χ2v) is 7.50. The van der Waals surface area contributed by atoms with E-state index in [1.54, 1.807) is 12.1 Å². The van der Waals surface area contributed by atoms with Gasteiger partial charge in [0.05, 0.1) is 6.42 Å². The van der Waals surface area contributed by atoms with Crippen molar-refractivity contribution in [3.05, 3.63) is 57.8 Å². The first kappa shape index (κ1) is 17.3. The van der Waals surface area contributed by atoms with Gasteiger partial charge in [0.1, 0.15) is 19.0 Å². The van der Waals surface area contributed by atoms with Crippen LogP contribution >= 0.6 is 15.9 Å². The number of hydrogen-bond acceptors (Lipinski definition) is 3. The second-order valence-electron chi connectivity index (χ2n) is 6.64. The molecule has 1 saturated carbocycles. The van der Waals surface area contributed by atoms with Crippen molar-refractivity contribution < 1.29 is 18.7 Å². The monoisotopic (exact) mass is 419 g/mol. The highest BCUT2D eigenvalue weighted by atomic mass is 79.9. The van der Waals surface area contributed by atoms with Gasteiger partial charge in [0.15, 0.2) is 11.5 Å². The summed E-state index contributed by atoms with van der Waals surface area (Å²) in [6, 6.07) is 10.3. The fourth-order valence-electron chi connectivity index (χ4n) is 3.10. The molecule has 0 radical (unpaired) electrons. The maximum Gasteiger partial charge on any atom is 0.227 e. The molecule has 1 heterocycles. The molecule has 1 aliphatic heterocycles. The van der Waals surface area contributed by atoms with Gasteiger partial charge in [-0.2, -0.15) is 0 Å². The third kappa shape index (κ3) is 3.85. The molecule has 0 atom stereocenters. The minimum absolute atomic E-state index is 0.0641. The lowest BCUT2D eigenvalue weighted by molar-refractivity contribution is -0.131. The Morgan fingerprint density at radius 1 is 1.12 bits per heavy atom. The molecular formula is C20H19BrFNO3. The molecule has 136 valence electrons. The topological polar surface area (TPSA) is 38.8 Å². The molecule has 2 aromatic rings. The van der Waals surface area contributed by atoms with Crippen molar-refractivity contribution in [1.29, 1.82) is 0 Å². The number of hydrogen-bond donors (Lipinski definition) is 0. The molecule has 1 amide bonds. The number of amides is 1. The number of carbonyl (C=O) groups is 1. The van der Waals surface area contributed by atoms with Crippen LogP contribution in [0.5, 0.6) is 11.5 Å². The van der Waals surface area contributed by atoms with E-state index in [0.717, 1.165) is 28.4 Å². The lowest BCUT2D eigenvalue weighted by atomic mass is 10.1. The Kier molecular flexibility index (Phi) is 4.85. The Labute approximate surface area is 160 Å². The maximum absolute atomic E-state index is 13.1. The first-order chi connectivity index (χ1) is 12.6. The largest absolute Gasteiger partial charge is 0.486 e. The number of benzene rings is 2. The molecule has 0 saturated heterocycles. The van der Waals surface area contributed by atoms with Gasteiger partial charge in [0, 0.05) is 17.1 Å². The van der Waals surface area contributed by atoms with E-state index in [1.807, 2.05) is 17.0 Å². The van der Waals surface area contributed by atoms with E-state index in [2.05, 4.69) is 15.9 Å². The van der Waals surface area contributed by atoms with Gasteiger partial charge in [0.25, 0.3) is 0 Å². The molecule has 0 N–H and O–H groups in total. The van der Waals surface area contributed by atoms with Crippen LogP contribution in [0.25, 0.3) is 0 Å². The predicted octanol–water partition coefficient (Wildman–Crippen LogP) is 4.09. The zero-order valence-electron chi connectivity index (χ0n) is 14.2. The van der Waals surface area contributed by atoms with E-state index >= 15 is 0 Å². The summed E-state index contributed by atoms with van der Waals surface area (Å²) in [6.45, 7) is 1.55. The standard InChI is InChI=1S/C20H19BrFNO3/c21-17-11-19-18(25-7-8-26-19)9-14(17)10-20(24)23(16-5-6-16)12-13-1-3-15(22)4-2-13/h1-4,9,11,16H,5-8,10,12H2. The SMILES string of the molecule is O=C(Cc1cc2c(cc1Br)OCCO2)N(Cc1ccc(F)cc1)C1CC1. The smallest absolute Gasteiger partial charge is 0.227 e. The normalized spacial score (nSPS) is 15.6. The van der Waals surface area contributed by atoms with E-state index in [9.17, 15) is 9.18 Å². The molecule has 0 unspecified atom stereocenters. The summed E-state index contributed by atoms with van der Waals surface area (Å²) < 4.78 is 25.1. The molecule has 0 spiro atoms.